The summed E-state index contributed by atoms with van der Waals surface area (Å²) in [7, 11) is 0. The number of aliphatic imine (C=N–C) groups is 1. The highest BCUT2D eigenvalue weighted by atomic mass is 127. The van der Waals surface area contributed by atoms with E-state index in [2.05, 4.69) is 45.9 Å². The second-order valence-electron chi connectivity index (χ2n) is 7.10. The first-order valence-corrected chi connectivity index (χ1v) is 10.8. The van der Waals surface area contributed by atoms with E-state index >= 15 is 0 Å². The van der Waals surface area contributed by atoms with E-state index in [4.69, 9.17) is 5.73 Å². The Kier molecular flexibility index (Phi) is 9.22. The van der Waals surface area contributed by atoms with Crippen LogP contribution in [0.4, 0.5) is 0 Å². The third-order valence-electron chi connectivity index (χ3n) is 4.72. The first-order valence-electron chi connectivity index (χ1n) is 9.77. The van der Waals surface area contributed by atoms with Crippen molar-refractivity contribution in [3.63, 3.8) is 0 Å². The number of nitrogens with one attached hydrogen (secondary N) is 1. The van der Waals surface area contributed by atoms with E-state index in [1.54, 1.807) is 6.21 Å². The van der Waals surface area contributed by atoms with E-state index < -0.39 is 17.9 Å². The number of carbonyl (C=O) groups is 3. The van der Waals surface area contributed by atoms with Gasteiger partial charge in [0.2, 0.25) is 11.8 Å². The molecule has 160 valence electrons. The number of halogens is 1. The third kappa shape index (κ3) is 6.79. The lowest BCUT2D eigenvalue weighted by atomic mass is 10.0. The Morgan fingerprint density at radius 2 is 2.17 bits per heavy atom. The van der Waals surface area contributed by atoms with Gasteiger partial charge in [-0.25, -0.2) is 0 Å². The highest BCUT2D eigenvalue weighted by molar-refractivity contribution is 14.1. The van der Waals surface area contributed by atoms with Gasteiger partial charge in [-0.3, -0.25) is 24.7 Å². The minimum absolute atomic E-state index is 0.117. The van der Waals surface area contributed by atoms with Gasteiger partial charge in [-0.15, -0.1) is 0 Å². The van der Waals surface area contributed by atoms with Gasteiger partial charge in [0, 0.05) is 35.2 Å². The topological polar surface area (TPSA) is 105 Å². The molecule has 30 heavy (non-hydrogen) atoms. The molecule has 2 aliphatic heterocycles. The summed E-state index contributed by atoms with van der Waals surface area (Å²) in [6.45, 7) is 5.08. The molecule has 0 aromatic heterocycles. The number of imide groups is 1. The molecule has 0 aliphatic carbocycles. The lowest BCUT2D eigenvalue weighted by Crippen LogP contribution is -2.50. The summed E-state index contributed by atoms with van der Waals surface area (Å²) in [4.78, 5) is 41.8. The predicted octanol–water partition coefficient (Wildman–Crippen LogP) is 2.71. The summed E-state index contributed by atoms with van der Waals surface area (Å²) in [5.41, 5.74) is 8.57. The first kappa shape index (κ1) is 23.8. The van der Waals surface area contributed by atoms with Gasteiger partial charge in [0.1, 0.15) is 6.04 Å². The minimum Gasteiger partial charge on any atom is -0.404 e. The number of hydrogen-bond acceptors (Lipinski definition) is 5. The molecule has 0 saturated carbocycles. The number of carbonyl (C=O) groups excluding carboxylic acids is 3. The smallest absolute Gasteiger partial charge is 0.253 e. The second-order valence-corrected chi connectivity index (χ2v) is 8.34. The summed E-state index contributed by atoms with van der Waals surface area (Å²) < 4.78 is 0.904. The first-order chi connectivity index (χ1) is 14.3. The fraction of sp³-hybridized carbons (Fsp3) is 0.364. The predicted molar refractivity (Wildman–Crippen MR) is 127 cm³/mol. The van der Waals surface area contributed by atoms with E-state index in [0.29, 0.717) is 6.54 Å². The van der Waals surface area contributed by atoms with E-state index in [0.717, 1.165) is 34.1 Å². The van der Waals surface area contributed by atoms with Crippen LogP contribution in [-0.4, -0.2) is 48.0 Å². The van der Waals surface area contributed by atoms with Crippen LogP contribution in [0.2, 0.25) is 0 Å². The van der Waals surface area contributed by atoms with Crippen LogP contribution in [0.15, 0.2) is 61.9 Å². The number of allylic oxidation sites excluding steroid dienone is 6. The molecule has 0 spiro atoms. The molecule has 8 heteroatoms. The Morgan fingerprint density at radius 3 is 2.83 bits per heavy atom. The van der Waals surface area contributed by atoms with E-state index in [-0.39, 0.29) is 12.3 Å². The Hall–Kier alpha value is -2.49. The van der Waals surface area contributed by atoms with Gasteiger partial charge < -0.3 is 10.6 Å². The number of nitrogens with zero attached hydrogens (tertiary/aromatic N) is 2. The van der Waals surface area contributed by atoms with Crippen molar-refractivity contribution in [2.45, 2.75) is 39.2 Å². The number of likely N-dealkylation sites (tertiary alicyclic amines) is 1. The molecule has 0 aromatic rings. The van der Waals surface area contributed by atoms with Crippen molar-refractivity contribution in [3.8, 4) is 0 Å². The Labute approximate surface area is 190 Å². The average molecular weight is 522 g/mol. The highest BCUT2D eigenvalue weighted by Crippen LogP contribution is 2.26. The molecule has 0 bridgehead atoms. The zero-order chi connectivity index (χ0) is 22.1. The lowest BCUT2D eigenvalue weighted by Gasteiger charge is -2.25. The fourth-order valence-electron chi connectivity index (χ4n) is 3.26. The summed E-state index contributed by atoms with van der Waals surface area (Å²) in [5, 5.41) is 2.25. The zero-order valence-electron chi connectivity index (χ0n) is 17.2. The monoisotopic (exact) mass is 522 g/mol. The maximum Gasteiger partial charge on any atom is 0.253 e. The highest BCUT2D eigenvalue weighted by Gasteiger charge is 2.36. The molecule has 3 N–H and O–H groups in total. The summed E-state index contributed by atoms with van der Waals surface area (Å²) in [5.74, 6) is -1.03. The second kappa shape index (κ2) is 11.6. The third-order valence-corrected chi connectivity index (χ3v) is 5.35. The van der Waals surface area contributed by atoms with Gasteiger partial charge in [-0.2, -0.15) is 0 Å². The van der Waals surface area contributed by atoms with Crippen LogP contribution >= 0.6 is 22.6 Å². The normalized spacial score (nSPS) is 22.6. The maximum atomic E-state index is 12.5. The molecule has 7 nitrogen and oxygen atoms in total. The van der Waals surface area contributed by atoms with Gasteiger partial charge in [-0.05, 0) is 66.5 Å². The van der Waals surface area contributed by atoms with Crippen LogP contribution in [0.3, 0.4) is 0 Å². The molecular weight excluding hydrogens is 495 g/mol. The van der Waals surface area contributed by atoms with Crippen molar-refractivity contribution in [3.05, 3.63) is 56.9 Å². The fourth-order valence-corrected chi connectivity index (χ4v) is 3.46. The van der Waals surface area contributed by atoms with E-state index in [1.807, 2.05) is 19.1 Å². The molecule has 0 aromatic carbocycles. The molecule has 1 unspecified atom stereocenters. The van der Waals surface area contributed by atoms with Gasteiger partial charge >= 0.3 is 0 Å². The van der Waals surface area contributed by atoms with Gasteiger partial charge in [0.25, 0.3) is 5.91 Å². The largest absolute Gasteiger partial charge is 0.404 e. The zero-order valence-corrected chi connectivity index (χ0v) is 19.4. The number of amides is 3. The van der Waals surface area contributed by atoms with Gasteiger partial charge in [0.05, 0.1) is 6.42 Å². The Bertz CT molecular complexity index is 881. The Balaban J connectivity index is 2.09. The van der Waals surface area contributed by atoms with Crippen molar-refractivity contribution in [2.75, 3.05) is 13.1 Å². The molecule has 1 fully saturated rings. The van der Waals surface area contributed by atoms with Crippen LogP contribution in [0.5, 0.6) is 0 Å². The molecule has 3 amide bonds. The maximum absolute atomic E-state index is 12.5. The molecule has 2 heterocycles. The van der Waals surface area contributed by atoms with Crippen molar-refractivity contribution in [1.82, 2.24) is 10.2 Å². The average Bonchev–Trinajstić information content (AvgIpc) is 3.08. The number of rotatable bonds is 8. The van der Waals surface area contributed by atoms with Crippen LogP contribution in [-0.2, 0) is 14.4 Å². The van der Waals surface area contributed by atoms with E-state index in [9.17, 15) is 14.4 Å². The van der Waals surface area contributed by atoms with Crippen molar-refractivity contribution >= 4 is 46.5 Å². The minimum atomic E-state index is -0.743. The van der Waals surface area contributed by atoms with Crippen molar-refractivity contribution in [1.29, 1.82) is 0 Å². The molecule has 1 atom stereocenters. The molecular formula is C22H27IN4O3. The lowest BCUT2D eigenvalue weighted by molar-refractivity contribution is -0.138. The standard InChI is InChI=1S/C22H27IN4O3/c1-3-5-16(10-15(2)6-4-9-25-13-18(23)12-24)17-11-21(29)27(14-17)19-7-8-20(28)26-22(19)30/h3,5,7-8,10,12-13,19H,4,6,9,11,14,24H2,1-2H3,(H,26,28,30)/b5-3-,15-10+,17-16-,18-12?,25-13?. The number of nitrogens with two attached hydrogens (primary N) is 1. The SMILES string of the molecule is C\C=C/C(/C=C(\C)CCCN=CC(I)=CN)=C1\CC(=O)N(C2C=CC(=O)NC2=O)C1. The van der Waals surface area contributed by atoms with Crippen LogP contribution in [0.1, 0.15) is 33.1 Å². The quantitative estimate of drug-likeness (QED) is 0.221. The Morgan fingerprint density at radius 1 is 1.40 bits per heavy atom. The molecule has 2 aliphatic rings. The van der Waals surface area contributed by atoms with E-state index in [1.165, 1.54) is 28.8 Å². The molecule has 2 rings (SSSR count). The van der Waals surface area contributed by atoms with Crippen LogP contribution in [0.25, 0.3) is 0 Å². The van der Waals surface area contributed by atoms with Crippen LogP contribution in [0, 0.1) is 0 Å². The van der Waals surface area contributed by atoms with Crippen LogP contribution < -0.4 is 11.1 Å². The number of hydrogen-bond donors (Lipinski definition) is 2. The van der Waals surface area contributed by atoms with Gasteiger partial charge in [0.15, 0.2) is 0 Å². The van der Waals surface area contributed by atoms with Gasteiger partial charge in [-0.1, -0.05) is 23.8 Å². The molecule has 0 radical (unpaired) electrons. The molecule has 1 saturated heterocycles. The van der Waals surface area contributed by atoms with Crippen molar-refractivity contribution < 1.29 is 14.4 Å². The van der Waals surface area contributed by atoms with Crippen molar-refractivity contribution in [2.24, 2.45) is 10.7 Å². The summed E-state index contributed by atoms with van der Waals surface area (Å²) in [6, 6.07) is -0.743. The summed E-state index contributed by atoms with van der Waals surface area (Å²) in [6.07, 6.45) is 14.2. The summed E-state index contributed by atoms with van der Waals surface area (Å²) >= 11 is 2.12.